The summed E-state index contributed by atoms with van der Waals surface area (Å²) >= 11 is 17.7. The molecule has 0 radical (unpaired) electrons. The first-order chi connectivity index (χ1) is 41.1. The number of nitrogens with zero attached hydrogens (tertiary/aromatic N) is 14. The van der Waals surface area contributed by atoms with Crippen molar-refractivity contribution in [2.75, 3.05) is 74.2 Å². The van der Waals surface area contributed by atoms with Gasteiger partial charge in [-0.15, -0.1) is 0 Å². The Balaban J connectivity index is 0.000000169. The van der Waals surface area contributed by atoms with Gasteiger partial charge in [0.1, 0.15) is 39.0 Å². The fourth-order valence-corrected chi connectivity index (χ4v) is 10.2. The number of anilines is 3. The van der Waals surface area contributed by atoms with Crippen LogP contribution in [0.15, 0.2) is 36.4 Å². The molecule has 2 saturated carbocycles. The third-order valence-electron chi connectivity index (χ3n) is 14.1. The van der Waals surface area contributed by atoms with E-state index in [-0.39, 0.29) is 50.2 Å². The first-order valence-corrected chi connectivity index (χ1v) is 29.2. The van der Waals surface area contributed by atoms with Gasteiger partial charge in [0.15, 0.2) is 12.2 Å². The summed E-state index contributed by atoms with van der Waals surface area (Å²) in [7, 11) is 0. The third-order valence-corrected chi connectivity index (χ3v) is 14.7. The molecule has 3 unspecified atom stereocenters. The van der Waals surface area contributed by atoms with Crippen LogP contribution in [0.5, 0.6) is 0 Å². The molecule has 11 rings (SSSR count). The van der Waals surface area contributed by atoms with E-state index < -0.39 is 42.0 Å². The minimum absolute atomic E-state index is 0.0182. The normalized spacial score (nSPS) is 20.2. The lowest BCUT2D eigenvalue weighted by molar-refractivity contribution is -0.131. The molecular formula is C54H73Cl3F4N20O6. The maximum Gasteiger partial charge on any atom is 0.254 e. The van der Waals surface area contributed by atoms with Crippen molar-refractivity contribution in [2.45, 2.75) is 135 Å². The van der Waals surface area contributed by atoms with Crippen LogP contribution in [0.2, 0.25) is 15.5 Å². The van der Waals surface area contributed by atoms with Crippen LogP contribution in [0, 0.1) is 41.5 Å². The zero-order valence-electron chi connectivity index (χ0n) is 49.0. The van der Waals surface area contributed by atoms with Crippen LogP contribution in [-0.4, -0.2) is 178 Å². The molecule has 474 valence electrons. The molecule has 0 bridgehead atoms. The van der Waals surface area contributed by atoms with E-state index in [9.17, 15) is 31.9 Å². The van der Waals surface area contributed by atoms with Crippen molar-refractivity contribution in [1.82, 2.24) is 64.6 Å². The summed E-state index contributed by atoms with van der Waals surface area (Å²) in [6, 6.07) is 10.6. The monoisotopic (exact) mass is 1280 g/mol. The number of alkyl halides is 4. The number of ether oxygens (including phenoxy) is 3. The summed E-state index contributed by atoms with van der Waals surface area (Å²) in [5.41, 5.74) is 26.4. The molecule has 3 atom stereocenters. The number of hydrogen-bond donors (Lipinski definition) is 6. The Morgan fingerprint density at radius 2 is 0.943 bits per heavy atom. The highest BCUT2D eigenvalue weighted by atomic mass is 35.5. The van der Waals surface area contributed by atoms with Gasteiger partial charge in [-0.2, -0.15) is 45.2 Å². The van der Waals surface area contributed by atoms with E-state index in [1.54, 1.807) is 26.2 Å². The summed E-state index contributed by atoms with van der Waals surface area (Å²) < 4.78 is 72.4. The quantitative estimate of drug-likeness (QED) is 0.0762. The Kier molecular flexibility index (Phi) is 23.6. The number of carbonyl (C=O) groups is 3. The van der Waals surface area contributed by atoms with E-state index in [1.807, 2.05) is 69.5 Å². The minimum atomic E-state index is -2.60. The van der Waals surface area contributed by atoms with Crippen molar-refractivity contribution in [1.29, 1.82) is 0 Å². The molecule has 33 heteroatoms. The third kappa shape index (κ3) is 20.0. The first-order valence-electron chi connectivity index (χ1n) is 28.1. The van der Waals surface area contributed by atoms with Crippen molar-refractivity contribution in [3.8, 4) is 17.8 Å². The fourth-order valence-electron chi connectivity index (χ4n) is 9.63. The summed E-state index contributed by atoms with van der Waals surface area (Å²) in [5.74, 6) is -3.54. The second-order valence-corrected chi connectivity index (χ2v) is 22.6. The van der Waals surface area contributed by atoms with Gasteiger partial charge in [-0.05, 0) is 85.4 Å². The van der Waals surface area contributed by atoms with Gasteiger partial charge in [0.25, 0.3) is 17.8 Å². The van der Waals surface area contributed by atoms with Crippen molar-refractivity contribution in [2.24, 2.45) is 22.9 Å². The number of carbonyl (C=O) groups excluding carboxylic acids is 3. The van der Waals surface area contributed by atoms with Gasteiger partial charge in [0.05, 0.1) is 50.0 Å². The molecule has 9 heterocycles. The van der Waals surface area contributed by atoms with E-state index >= 15 is 0 Å². The summed E-state index contributed by atoms with van der Waals surface area (Å²) in [5, 5.41) is 20.3. The van der Waals surface area contributed by atoms with E-state index in [4.69, 9.17) is 71.9 Å². The van der Waals surface area contributed by atoms with Gasteiger partial charge in [-0.3, -0.25) is 14.4 Å². The lowest BCUT2D eigenvalue weighted by Crippen LogP contribution is -2.48. The SMILES string of the molecule is Cc1cc(C)n(-c2nc(Cl)cc(Cl)n2)n1.Cc1cc(C)n(-c2nc(Cl)cc(N3CCOC(C(N)=O)C3)n2)n1.Cc1cc(C)n(-c2nc(NC3CCC(F)(F)CC3)cc(N3CCOC(C(N)=O)C3)n2)n1.NC(=O)C1CNCCO1.NC1CCC(F)(F)CC1. The van der Waals surface area contributed by atoms with Gasteiger partial charge in [0, 0.05) is 99.2 Å². The number of rotatable bonds is 10. The Hall–Kier alpha value is -6.93. The maximum absolute atomic E-state index is 13.5. The number of nitrogens with one attached hydrogen (secondary N) is 2. The Bertz CT molecular complexity index is 3270. The molecule has 0 aromatic carbocycles. The summed E-state index contributed by atoms with van der Waals surface area (Å²) in [6.45, 7) is 15.8. The van der Waals surface area contributed by atoms with Crippen molar-refractivity contribution < 1.29 is 46.2 Å². The molecule has 5 aliphatic rings. The summed E-state index contributed by atoms with van der Waals surface area (Å²) in [4.78, 5) is 63.3. The van der Waals surface area contributed by atoms with Crippen molar-refractivity contribution in [3.05, 3.63) is 86.0 Å². The molecular weight excluding hydrogens is 1210 g/mol. The first kappa shape index (κ1) is 67.6. The molecule has 10 N–H and O–H groups in total. The van der Waals surface area contributed by atoms with Crippen molar-refractivity contribution in [3.63, 3.8) is 0 Å². The Labute approximate surface area is 514 Å². The number of morpholine rings is 3. The lowest BCUT2D eigenvalue weighted by Gasteiger charge is -2.33. The number of hydrogen-bond acceptors (Lipinski definition) is 20. The van der Waals surface area contributed by atoms with Gasteiger partial charge in [0.2, 0.25) is 29.6 Å². The van der Waals surface area contributed by atoms with Gasteiger partial charge in [-0.1, -0.05) is 34.8 Å². The Morgan fingerprint density at radius 3 is 1.32 bits per heavy atom. The standard InChI is InChI=1S/C20H27F2N7O2.C14H17ClN6O2.C9H8Cl2N4.C6H11F2N.C5H10N2O2/c1-12-9-13(2)29(27-12)19-25-16(24-14-3-5-20(21,22)6-4-14)10-17(26-19)28-7-8-31-15(11-28)18(23)30;1-8-5-9(2)21(19-8)14-17-11(15)6-12(18-14)20-3-4-23-10(7-20)13(16)22;1-5-3-6(2)15(14-5)9-12-7(10)4-8(11)13-9;7-6(8)3-1-5(9)2-4-6;6-5(8)4-3-7-1-2-9-4/h9-10,14-15H,3-8,11H2,1-2H3,(H2,23,30)(H,24,25,26);5-6,10H,3-4,7H2,1-2H3,(H2,16,22);3-4H,1-2H3;5H,1-4,9H2;4,7H,1-3H2,(H2,6,8). The van der Waals surface area contributed by atoms with Crippen LogP contribution < -0.4 is 43.4 Å². The molecule has 6 aromatic rings. The van der Waals surface area contributed by atoms with Gasteiger partial charge in [-0.25, -0.2) is 31.6 Å². The number of nitrogens with two attached hydrogens (primary N) is 4. The number of halogens is 7. The predicted molar refractivity (Wildman–Crippen MR) is 317 cm³/mol. The molecule has 3 aliphatic heterocycles. The zero-order chi connectivity index (χ0) is 63.3. The predicted octanol–water partition coefficient (Wildman–Crippen LogP) is 5.15. The van der Waals surface area contributed by atoms with E-state index in [1.165, 1.54) is 6.07 Å². The van der Waals surface area contributed by atoms with Crippen LogP contribution in [0.4, 0.5) is 35.0 Å². The maximum atomic E-state index is 13.5. The fraction of sp³-hybridized carbons (Fsp3) is 0.556. The van der Waals surface area contributed by atoms with Crippen LogP contribution in [0.3, 0.4) is 0 Å². The smallest absolute Gasteiger partial charge is 0.254 e. The van der Waals surface area contributed by atoms with Crippen molar-refractivity contribution >= 4 is 70.0 Å². The van der Waals surface area contributed by atoms with E-state index in [2.05, 4.69) is 55.8 Å². The number of amides is 3. The van der Waals surface area contributed by atoms with Gasteiger partial charge < -0.3 is 57.6 Å². The highest BCUT2D eigenvalue weighted by Gasteiger charge is 2.36. The number of aromatic nitrogens is 12. The molecule has 0 spiro atoms. The Morgan fingerprint density at radius 1 is 0.552 bits per heavy atom. The lowest BCUT2D eigenvalue weighted by atomic mass is 9.92. The highest BCUT2D eigenvalue weighted by Crippen LogP contribution is 2.35. The molecule has 3 amide bonds. The van der Waals surface area contributed by atoms with Gasteiger partial charge >= 0.3 is 0 Å². The van der Waals surface area contributed by atoms with Crippen LogP contribution in [-0.2, 0) is 28.6 Å². The average molecular weight is 1280 g/mol. The molecule has 5 fully saturated rings. The number of primary amides is 3. The largest absolute Gasteiger partial charge is 0.367 e. The minimum Gasteiger partial charge on any atom is -0.367 e. The molecule has 6 aromatic heterocycles. The zero-order valence-corrected chi connectivity index (χ0v) is 51.3. The summed E-state index contributed by atoms with van der Waals surface area (Å²) in [6.07, 6.45) is -0.437. The second kappa shape index (κ2) is 30.3. The van der Waals surface area contributed by atoms with E-state index in [0.717, 1.165) is 40.7 Å². The second-order valence-electron chi connectivity index (χ2n) is 21.4. The van der Waals surface area contributed by atoms with Crippen LogP contribution >= 0.6 is 34.8 Å². The van der Waals surface area contributed by atoms with E-state index in [0.29, 0.717) is 122 Å². The highest BCUT2D eigenvalue weighted by molar-refractivity contribution is 6.33. The molecule has 2 aliphatic carbocycles. The average Bonchev–Trinajstić information content (AvgIpc) is 2.26. The molecule has 3 saturated heterocycles. The van der Waals surface area contributed by atoms with Crippen LogP contribution in [0.1, 0.15) is 85.5 Å². The molecule has 26 nitrogen and oxygen atoms in total. The van der Waals surface area contributed by atoms with Crippen LogP contribution in [0.25, 0.3) is 17.8 Å². The molecule has 87 heavy (non-hydrogen) atoms. The topological polar surface area (TPSA) is 344 Å². The number of aryl methyl sites for hydroxylation is 6.